The van der Waals surface area contributed by atoms with Gasteiger partial charge in [0.1, 0.15) is 5.75 Å². The van der Waals surface area contributed by atoms with Gasteiger partial charge in [-0.05, 0) is 36.8 Å². The Morgan fingerprint density at radius 3 is 2.96 bits per heavy atom. The highest BCUT2D eigenvalue weighted by atomic mass is 35.5. The first-order valence-electron chi connectivity index (χ1n) is 6.89. The third kappa shape index (κ3) is 3.78. The number of carbonyl (C=O) groups excluding carboxylic acids is 1. The summed E-state index contributed by atoms with van der Waals surface area (Å²) in [6.07, 6.45) is 0. The molecule has 3 aromatic rings. The summed E-state index contributed by atoms with van der Waals surface area (Å²) < 4.78 is 0. The van der Waals surface area contributed by atoms with Crippen LogP contribution in [0, 0.1) is 6.92 Å². The highest BCUT2D eigenvalue weighted by molar-refractivity contribution is 7.99. The molecule has 23 heavy (non-hydrogen) atoms. The smallest absolute Gasteiger partial charge is 0.234 e. The number of nitrogens with zero attached hydrogens (tertiary/aromatic N) is 1. The molecule has 0 spiro atoms. The molecule has 5 nitrogen and oxygen atoms in total. The summed E-state index contributed by atoms with van der Waals surface area (Å²) in [5.74, 6) is -0.111. The van der Waals surface area contributed by atoms with E-state index in [4.69, 9.17) is 11.6 Å². The van der Waals surface area contributed by atoms with Crippen molar-refractivity contribution in [2.24, 2.45) is 0 Å². The van der Waals surface area contributed by atoms with Crippen LogP contribution in [0.5, 0.6) is 5.75 Å². The molecule has 0 unspecified atom stereocenters. The Hall–Kier alpha value is -2.18. The van der Waals surface area contributed by atoms with E-state index in [-0.39, 0.29) is 17.4 Å². The number of carbonyl (C=O) groups is 1. The number of halogens is 1. The van der Waals surface area contributed by atoms with Crippen LogP contribution in [0.1, 0.15) is 5.56 Å². The molecule has 3 N–H and O–H groups in total. The first-order valence-corrected chi connectivity index (χ1v) is 8.25. The van der Waals surface area contributed by atoms with Gasteiger partial charge in [0.05, 0.1) is 22.5 Å². The van der Waals surface area contributed by atoms with Gasteiger partial charge in [-0.3, -0.25) is 4.79 Å². The van der Waals surface area contributed by atoms with Crippen LogP contribution in [0.4, 0.5) is 5.69 Å². The lowest BCUT2D eigenvalue weighted by Crippen LogP contribution is -2.14. The predicted molar refractivity (Wildman–Crippen MR) is 93.3 cm³/mol. The molecular formula is C16H14ClN3O2S. The summed E-state index contributed by atoms with van der Waals surface area (Å²) in [6, 6.07) is 10.5. The number of aromatic hydroxyl groups is 1. The number of nitrogens with one attached hydrogen (secondary N) is 2. The SMILES string of the molecule is Cc1ccc2nc(SCC(=O)Nc3ccc(Cl)cc3O)[nH]c2c1. The van der Waals surface area contributed by atoms with Crippen molar-refractivity contribution < 1.29 is 9.90 Å². The zero-order valence-electron chi connectivity index (χ0n) is 12.3. The molecule has 0 radical (unpaired) electrons. The number of imidazole rings is 1. The molecule has 0 aliphatic rings. The average Bonchev–Trinajstić information content (AvgIpc) is 2.90. The molecule has 1 aromatic heterocycles. The molecule has 2 aromatic carbocycles. The van der Waals surface area contributed by atoms with Gasteiger partial charge in [-0.2, -0.15) is 0 Å². The maximum Gasteiger partial charge on any atom is 0.234 e. The molecule has 0 aliphatic carbocycles. The summed E-state index contributed by atoms with van der Waals surface area (Å²) in [6.45, 7) is 2.01. The second-order valence-corrected chi connectivity index (χ2v) is 6.46. The number of amides is 1. The molecule has 118 valence electrons. The topological polar surface area (TPSA) is 78.0 Å². The van der Waals surface area contributed by atoms with Crippen molar-refractivity contribution in [3.05, 3.63) is 47.0 Å². The van der Waals surface area contributed by atoms with Crippen LogP contribution < -0.4 is 5.32 Å². The quantitative estimate of drug-likeness (QED) is 0.493. The van der Waals surface area contributed by atoms with Gasteiger partial charge in [-0.1, -0.05) is 29.4 Å². The van der Waals surface area contributed by atoms with Crippen LogP contribution in [0.15, 0.2) is 41.6 Å². The van der Waals surface area contributed by atoms with Gasteiger partial charge in [0, 0.05) is 11.1 Å². The molecule has 0 saturated heterocycles. The summed E-state index contributed by atoms with van der Waals surface area (Å²) >= 11 is 7.06. The fourth-order valence-electron chi connectivity index (χ4n) is 2.10. The summed E-state index contributed by atoms with van der Waals surface area (Å²) in [4.78, 5) is 19.6. The highest BCUT2D eigenvalue weighted by Crippen LogP contribution is 2.27. The number of aromatic nitrogens is 2. The fourth-order valence-corrected chi connectivity index (χ4v) is 2.95. The first kappa shape index (κ1) is 15.7. The van der Waals surface area contributed by atoms with E-state index >= 15 is 0 Å². The van der Waals surface area contributed by atoms with Crippen molar-refractivity contribution in [2.75, 3.05) is 11.1 Å². The molecule has 0 fully saturated rings. The molecule has 1 heterocycles. The van der Waals surface area contributed by atoms with Crippen LogP contribution in [-0.2, 0) is 4.79 Å². The Balaban J connectivity index is 1.63. The minimum atomic E-state index is -0.232. The summed E-state index contributed by atoms with van der Waals surface area (Å²) in [5.41, 5.74) is 3.30. The number of aromatic amines is 1. The van der Waals surface area contributed by atoms with Gasteiger partial charge >= 0.3 is 0 Å². The summed E-state index contributed by atoms with van der Waals surface area (Å²) in [5, 5.41) is 13.5. The van der Waals surface area contributed by atoms with Crippen molar-refractivity contribution in [3.8, 4) is 5.75 Å². The van der Waals surface area contributed by atoms with Crippen LogP contribution in [0.25, 0.3) is 11.0 Å². The maximum absolute atomic E-state index is 12.0. The lowest BCUT2D eigenvalue weighted by molar-refractivity contribution is -0.113. The molecule has 7 heteroatoms. The van der Waals surface area contributed by atoms with Crippen LogP contribution >= 0.6 is 23.4 Å². The molecule has 0 atom stereocenters. The lowest BCUT2D eigenvalue weighted by atomic mass is 10.2. The van der Waals surface area contributed by atoms with Crippen molar-refractivity contribution in [3.63, 3.8) is 0 Å². The number of rotatable bonds is 4. The fraction of sp³-hybridized carbons (Fsp3) is 0.125. The van der Waals surface area contributed by atoms with Gasteiger partial charge in [0.2, 0.25) is 5.91 Å². The van der Waals surface area contributed by atoms with E-state index in [0.717, 1.165) is 16.6 Å². The van der Waals surface area contributed by atoms with Crippen molar-refractivity contribution in [1.82, 2.24) is 9.97 Å². The normalized spacial score (nSPS) is 10.9. The molecule has 0 bridgehead atoms. The second kappa shape index (κ2) is 6.52. The van der Waals surface area contributed by atoms with Crippen molar-refractivity contribution in [1.29, 1.82) is 0 Å². The van der Waals surface area contributed by atoms with Gasteiger partial charge in [0.15, 0.2) is 5.16 Å². The first-order chi connectivity index (χ1) is 11.0. The second-order valence-electron chi connectivity index (χ2n) is 5.06. The number of thioether (sulfide) groups is 1. The van der Waals surface area contributed by atoms with E-state index in [2.05, 4.69) is 15.3 Å². The number of fused-ring (bicyclic) bond motifs is 1. The number of aryl methyl sites for hydroxylation is 1. The Labute approximate surface area is 142 Å². The predicted octanol–water partition coefficient (Wildman–Crippen LogP) is 3.96. The molecule has 0 aliphatic heterocycles. The van der Waals surface area contributed by atoms with Crippen LogP contribution in [0.2, 0.25) is 5.02 Å². The van der Waals surface area contributed by atoms with E-state index in [1.54, 1.807) is 12.1 Å². The van der Waals surface area contributed by atoms with Crippen molar-refractivity contribution >= 4 is 46.0 Å². The molecule has 3 rings (SSSR count). The summed E-state index contributed by atoms with van der Waals surface area (Å²) in [7, 11) is 0. The number of anilines is 1. The van der Waals surface area contributed by atoms with E-state index in [0.29, 0.717) is 15.9 Å². The largest absolute Gasteiger partial charge is 0.506 e. The van der Waals surface area contributed by atoms with Gasteiger partial charge < -0.3 is 15.4 Å². The minimum Gasteiger partial charge on any atom is -0.506 e. The third-order valence-electron chi connectivity index (χ3n) is 3.19. The van der Waals surface area contributed by atoms with Gasteiger partial charge in [0.25, 0.3) is 0 Å². The zero-order chi connectivity index (χ0) is 16.4. The standard InChI is InChI=1S/C16H14ClN3O2S/c1-9-2-4-11-13(6-9)20-16(19-11)23-8-15(22)18-12-5-3-10(17)7-14(12)21/h2-7,21H,8H2,1H3,(H,18,22)(H,19,20). The molecule has 1 amide bonds. The Morgan fingerprint density at radius 1 is 1.35 bits per heavy atom. The number of hydrogen-bond donors (Lipinski definition) is 3. The van der Waals surface area contributed by atoms with E-state index in [1.807, 2.05) is 25.1 Å². The Morgan fingerprint density at radius 2 is 2.17 bits per heavy atom. The average molecular weight is 348 g/mol. The molecule has 0 saturated carbocycles. The number of phenolic OH excluding ortho intramolecular Hbond substituents is 1. The van der Waals surface area contributed by atoms with Crippen molar-refractivity contribution in [2.45, 2.75) is 12.1 Å². The Kier molecular flexibility index (Phi) is 4.45. The van der Waals surface area contributed by atoms with Crippen LogP contribution in [-0.4, -0.2) is 26.7 Å². The van der Waals surface area contributed by atoms with Gasteiger partial charge in [-0.25, -0.2) is 4.98 Å². The van der Waals surface area contributed by atoms with E-state index < -0.39 is 0 Å². The number of H-pyrrole nitrogens is 1. The Bertz CT molecular complexity index is 879. The van der Waals surface area contributed by atoms with E-state index in [9.17, 15) is 9.90 Å². The number of benzene rings is 2. The maximum atomic E-state index is 12.0. The highest BCUT2D eigenvalue weighted by Gasteiger charge is 2.10. The third-order valence-corrected chi connectivity index (χ3v) is 4.30. The number of phenols is 1. The van der Waals surface area contributed by atoms with Crippen LogP contribution in [0.3, 0.4) is 0 Å². The number of hydrogen-bond acceptors (Lipinski definition) is 4. The molecular weight excluding hydrogens is 334 g/mol. The monoisotopic (exact) mass is 347 g/mol. The minimum absolute atomic E-state index is 0.0601. The lowest BCUT2D eigenvalue weighted by Gasteiger charge is -2.06. The zero-order valence-corrected chi connectivity index (χ0v) is 13.8. The van der Waals surface area contributed by atoms with Gasteiger partial charge in [-0.15, -0.1) is 0 Å². The van der Waals surface area contributed by atoms with E-state index in [1.165, 1.54) is 17.8 Å².